The molecule has 1 heterocycles. The minimum absolute atomic E-state index is 0.00133. The van der Waals surface area contributed by atoms with E-state index in [1.54, 1.807) is 4.90 Å². The summed E-state index contributed by atoms with van der Waals surface area (Å²) in [6.07, 6.45) is -0.344. The Hall–Kier alpha value is -2.42. The number of carbonyl (C=O) groups is 2. The molecule has 27 heavy (non-hydrogen) atoms. The molecule has 0 fully saturated rings. The molecule has 0 spiro atoms. The molecule has 0 aliphatic carbocycles. The van der Waals surface area contributed by atoms with Crippen LogP contribution in [-0.2, 0) is 26.0 Å². The summed E-state index contributed by atoms with van der Waals surface area (Å²) in [5.74, 6) is -1.27. The number of halogens is 1. The molecule has 1 amide bonds. The van der Waals surface area contributed by atoms with Crippen molar-refractivity contribution in [2.75, 3.05) is 11.4 Å². The Morgan fingerprint density at radius 3 is 2.63 bits per heavy atom. The van der Waals surface area contributed by atoms with Crippen LogP contribution in [-0.4, -0.2) is 32.9 Å². The molecule has 142 valence electrons. The van der Waals surface area contributed by atoms with Gasteiger partial charge in [0.25, 0.3) is 5.91 Å². The lowest BCUT2D eigenvalue weighted by molar-refractivity contribution is -0.126. The molecule has 1 aliphatic rings. The van der Waals surface area contributed by atoms with Gasteiger partial charge in [0, 0.05) is 12.2 Å². The van der Waals surface area contributed by atoms with E-state index < -0.39 is 22.1 Å². The highest BCUT2D eigenvalue weighted by Crippen LogP contribution is 2.28. The third-order valence-electron chi connectivity index (χ3n) is 4.27. The quantitative estimate of drug-likeness (QED) is 0.780. The summed E-state index contributed by atoms with van der Waals surface area (Å²) in [4.78, 5) is 26.4. The number of benzene rings is 2. The Labute approximate surface area is 161 Å². The number of anilines is 1. The van der Waals surface area contributed by atoms with Crippen LogP contribution in [0.4, 0.5) is 5.69 Å². The summed E-state index contributed by atoms with van der Waals surface area (Å²) in [6, 6.07) is 11.0. The van der Waals surface area contributed by atoms with Crippen LogP contribution < -0.4 is 10.0 Å². The third kappa shape index (κ3) is 3.97. The van der Waals surface area contributed by atoms with Gasteiger partial charge in [-0.3, -0.25) is 4.79 Å². The first-order chi connectivity index (χ1) is 12.7. The molecule has 1 aliphatic heterocycles. The first kappa shape index (κ1) is 19.3. The molecule has 7 nitrogen and oxygen atoms in total. The first-order valence-corrected chi connectivity index (χ1v) is 10.0. The van der Waals surface area contributed by atoms with E-state index in [4.69, 9.17) is 21.5 Å². The van der Waals surface area contributed by atoms with Crippen molar-refractivity contribution in [2.45, 2.75) is 24.3 Å². The van der Waals surface area contributed by atoms with Gasteiger partial charge in [-0.25, -0.2) is 18.4 Å². The van der Waals surface area contributed by atoms with Gasteiger partial charge in [0.15, 0.2) is 6.10 Å². The first-order valence-electron chi connectivity index (χ1n) is 8.11. The summed E-state index contributed by atoms with van der Waals surface area (Å²) in [5.41, 5.74) is 1.66. The molecule has 2 aromatic rings. The van der Waals surface area contributed by atoms with Crippen molar-refractivity contribution in [3.63, 3.8) is 0 Å². The van der Waals surface area contributed by atoms with E-state index in [2.05, 4.69) is 0 Å². The smallest absolute Gasteiger partial charge is 0.340 e. The Bertz CT molecular complexity index is 1020. The van der Waals surface area contributed by atoms with Gasteiger partial charge in [0.05, 0.1) is 15.5 Å². The highest BCUT2D eigenvalue weighted by Gasteiger charge is 2.30. The van der Waals surface area contributed by atoms with E-state index >= 15 is 0 Å². The maximum absolute atomic E-state index is 12.7. The molecule has 0 saturated carbocycles. The number of sulfonamides is 1. The number of hydrogen-bond acceptors (Lipinski definition) is 5. The van der Waals surface area contributed by atoms with Gasteiger partial charge in [-0.05, 0) is 43.2 Å². The molecule has 2 N–H and O–H groups in total. The van der Waals surface area contributed by atoms with Crippen molar-refractivity contribution in [3.8, 4) is 0 Å². The lowest BCUT2D eigenvalue weighted by Gasteiger charge is -2.22. The van der Waals surface area contributed by atoms with E-state index in [1.165, 1.54) is 19.1 Å². The SMILES string of the molecule is C[C@H](OC(=O)c1cc(S(N)(=O)=O)ccc1Cl)C(=O)N1CCc2ccccc21. The van der Waals surface area contributed by atoms with Crippen LogP contribution in [0.25, 0.3) is 0 Å². The van der Waals surface area contributed by atoms with Gasteiger partial charge in [-0.2, -0.15) is 0 Å². The predicted molar refractivity (Wildman–Crippen MR) is 100 cm³/mol. The van der Waals surface area contributed by atoms with Gasteiger partial charge in [-0.15, -0.1) is 0 Å². The Kier molecular flexibility index (Phi) is 5.23. The van der Waals surface area contributed by atoms with Gasteiger partial charge in [0.2, 0.25) is 10.0 Å². The summed E-state index contributed by atoms with van der Waals surface area (Å²) in [6.45, 7) is 1.96. The predicted octanol–water partition coefficient (Wildman–Crippen LogP) is 2.12. The molecule has 0 unspecified atom stereocenters. The third-order valence-corrected chi connectivity index (χ3v) is 5.51. The fraction of sp³-hybridized carbons (Fsp3) is 0.222. The van der Waals surface area contributed by atoms with Crippen molar-refractivity contribution in [3.05, 3.63) is 58.6 Å². The Morgan fingerprint density at radius 1 is 1.22 bits per heavy atom. The van der Waals surface area contributed by atoms with E-state index in [0.717, 1.165) is 23.7 Å². The second kappa shape index (κ2) is 7.30. The van der Waals surface area contributed by atoms with Crippen LogP contribution in [0, 0.1) is 0 Å². The monoisotopic (exact) mass is 408 g/mol. The van der Waals surface area contributed by atoms with E-state index in [9.17, 15) is 18.0 Å². The lowest BCUT2D eigenvalue weighted by atomic mass is 10.2. The fourth-order valence-corrected chi connectivity index (χ4v) is 3.63. The molecule has 9 heteroatoms. The number of nitrogens with zero attached hydrogens (tertiary/aromatic N) is 1. The summed E-state index contributed by atoms with van der Waals surface area (Å²) in [7, 11) is -4.01. The number of amides is 1. The molecule has 1 atom stereocenters. The summed E-state index contributed by atoms with van der Waals surface area (Å²) in [5, 5.41) is 5.07. The normalized spacial score (nSPS) is 14.6. The molecule has 0 saturated heterocycles. The summed E-state index contributed by atoms with van der Waals surface area (Å²) >= 11 is 5.97. The molecule has 0 aromatic heterocycles. The average molecular weight is 409 g/mol. The average Bonchev–Trinajstić information content (AvgIpc) is 3.04. The zero-order valence-corrected chi connectivity index (χ0v) is 16.0. The van der Waals surface area contributed by atoms with E-state index in [-0.39, 0.29) is 21.4 Å². The number of esters is 1. The highest BCUT2D eigenvalue weighted by atomic mass is 35.5. The summed E-state index contributed by atoms with van der Waals surface area (Å²) < 4.78 is 28.1. The van der Waals surface area contributed by atoms with Crippen LogP contribution in [0.2, 0.25) is 5.02 Å². The Morgan fingerprint density at radius 2 is 1.93 bits per heavy atom. The van der Waals surface area contributed by atoms with Crippen LogP contribution in [0.1, 0.15) is 22.8 Å². The minimum atomic E-state index is -4.01. The number of fused-ring (bicyclic) bond motifs is 1. The maximum atomic E-state index is 12.7. The van der Waals surface area contributed by atoms with E-state index in [0.29, 0.717) is 6.54 Å². The Balaban J connectivity index is 1.78. The van der Waals surface area contributed by atoms with Crippen molar-refractivity contribution >= 4 is 39.2 Å². The number of primary sulfonamides is 1. The number of rotatable bonds is 4. The second-order valence-corrected chi connectivity index (χ2v) is 8.07. The van der Waals surface area contributed by atoms with E-state index in [1.807, 2.05) is 24.3 Å². The second-order valence-electron chi connectivity index (χ2n) is 6.10. The minimum Gasteiger partial charge on any atom is -0.449 e. The molecule has 3 rings (SSSR count). The largest absolute Gasteiger partial charge is 0.449 e. The number of ether oxygens (including phenoxy) is 1. The van der Waals surface area contributed by atoms with Crippen molar-refractivity contribution in [1.29, 1.82) is 0 Å². The molecule has 0 bridgehead atoms. The number of hydrogen-bond donors (Lipinski definition) is 1. The molecular formula is C18H17ClN2O5S. The topological polar surface area (TPSA) is 107 Å². The van der Waals surface area contributed by atoms with Crippen LogP contribution in [0.5, 0.6) is 0 Å². The van der Waals surface area contributed by atoms with Gasteiger partial charge in [0.1, 0.15) is 0 Å². The maximum Gasteiger partial charge on any atom is 0.340 e. The lowest BCUT2D eigenvalue weighted by Crippen LogP contribution is -2.39. The van der Waals surface area contributed by atoms with Crippen LogP contribution >= 0.6 is 11.6 Å². The number of carbonyl (C=O) groups excluding carboxylic acids is 2. The molecule has 0 radical (unpaired) electrons. The zero-order chi connectivity index (χ0) is 19.8. The van der Waals surface area contributed by atoms with Gasteiger partial charge >= 0.3 is 5.97 Å². The van der Waals surface area contributed by atoms with Crippen molar-refractivity contribution in [2.24, 2.45) is 5.14 Å². The van der Waals surface area contributed by atoms with Crippen LogP contribution in [0.15, 0.2) is 47.4 Å². The number of nitrogens with two attached hydrogens (primary N) is 1. The highest BCUT2D eigenvalue weighted by molar-refractivity contribution is 7.89. The van der Waals surface area contributed by atoms with Crippen LogP contribution in [0.3, 0.4) is 0 Å². The standard InChI is InChI=1S/C18H17ClN2O5S/c1-11(17(22)21-9-8-12-4-2-3-5-16(12)21)26-18(23)14-10-13(27(20,24)25)6-7-15(14)19/h2-7,10-11H,8-9H2,1H3,(H2,20,24,25)/t11-/m0/s1. The van der Waals surface area contributed by atoms with Gasteiger partial charge in [-0.1, -0.05) is 29.8 Å². The molecular weight excluding hydrogens is 392 g/mol. The zero-order valence-electron chi connectivity index (χ0n) is 14.4. The van der Waals surface area contributed by atoms with Gasteiger partial charge < -0.3 is 9.64 Å². The van der Waals surface area contributed by atoms with Crippen molar-refractivity contribution < 1.29 is 22.7 Å². The molecule has 2 aromatic carbocycles. The fourth-order valence-electron chi connectivity index (χ4n) is 2.90. The van der Waals surface area contributed by atoms with Crippen molar-refractivity contribution in [1.82, 2.24) is 0 Å². The number of para-hydroxylation sites is 1.